The molecule has 1 aliphatic carbocycles. The van der Waals surface area contributed by atoms with E-state index in [1.54, 1.807) is 0 Å². The van der Waals surface area contributed by atoms with E-state index in [4.69, 9.17) is 0 Å². The van der Waals surface area contributed by atoms with Gasteiger partial charge in [0.2, 0.25) is 0 Å². The Morgan fingerprint density at radius 2 is 1.50 bits per heavy atom. The van der Waals surface area contributed by atoms with Crippen LogP contribution in [0.15, 0.2) is 48.0 Å². The SMILES string of the molecule is CC1=C(C)c2c(cccc2-c2ccc(C)cc2)[CH]1. The molecule has 0 saturated heterocycles. The van der Waals surface area contributed by atoms with E-state index in [-0.39, 0.29) is 0 Å². The Labute approximate surface area is 109 Å². The van der Waals surface area contributed by atoms with Crippen LogP contribution in [0.4, 0.5) is 0 Å². The molecule has 0 unspecified atom stereocenters. The van der Waals surface area contributed by atoms with E-state index in [1.165, 1.54) is 39.0 Å². The predicted octanol–water partition coefficient (Wildman–Crippen LogP) is 5.02. The van der Waals surface area contributed by atoms with Crippen LogP contribution in [0.25, 0.3) is 16.7 Å². The van der Waals surface area contributed by atoms with Crippen molar-refractivity contribution in [3.8, 4) is 11.1 Å². The quantitative estimate of drug-likeness (QED) is 0.648. The number of hydrogen-bond acceptors (Lipinski definition) is 0. The zero-order valence-corrected chi connectivity index (χ0v) is 11.1. The second-order valence-electron chi connectivity index (χ2n) is 5.09. The van der Waals surface area contributed by atoms with Gasteiger partial charge in [0, 0.05) is 6.42 Å². The van der Waals surface area contributed by atoms with Crippen molar-refractivity contribution in [3.63, 3.8) is 0 Å². The number of aryl methyl sites for hydroxylation is 1. The Hall–Kier alpha value is -1.82. The van der Waals surface area contributed by atoms with Gasteiger partial charge in [0.05, 0.1) is 0 Å². The average molecular weight is 233 g/mol. The molecule has 0 bridgehead atoms. The maximum atomic E-state index is 2.28. The highest BCUT2D eigenvalue weighted by molar-refractivity contribution is 5.89. The van der Waals surface area contributed by atoms with Crippen LogP contribution < -0.4 is 0 Å². The van der Waals surface area contributed by atoms with Gasteiger partial charge in [0.25, 0.3) is 0 Å². The molecule has 0 spiro atoms. The molecular weight excluding hydrogens is 216 g/mol. The number of benzene rings is 2. The smallest absolute Gasteiger partial charge is 0.0164 e. The predicted molar refractivity (Wildman–Crippen MR) is 78.3 cm³/mol. The standard InChI is InChI=1S/C18H17/c1-12-7-9-15(10-8-12)17-6-4-5-16-11-13(2)14(3)18(16)17/h4-11H,1-3H3. The molecule has 2 aromatic rings. The number of hydrogen-bond donors (Lipinski definition) is 0. The molecule has 0 aromatic heterocycles. The minimum absolute atomic E-state index is 1.31. The highest BCUT2D eigenvalue weighted by Gasteiger charge is 2.19. The van der Waals surface area contributed by atoms with Crippen molar-refractivity contribution < 1.29 is 0 Å². The summed E-state index contributed by atoms with van der Waals surface area (Å²) in [4.78, 5) is 0. The van der Waals surface area contributed by atoms with Gasteiger partial charge >= 0.3 is 0 Å². The lowest BCUT2D eigenvalue weighted by Gasteiger charge is -2.10. The summed E-state index contributed by atoms with van der Waals surface area (Å²) in [5.74, 6) is 0. The van der Waals surface area contributed by atoms with Crippen molar-refractivity contribution in [2.24, 2.45) is 0 Å². The molecule has 0 N–H and O–H groups in total. The Morgan fingerprint density at radius 1 is 0.778 bits per heavy atom. The van der Waals surface area contributed by atoms with Crippen molar-refractivity contribution >= 4 is 5.57 Å². The topological polar surface area (TPSA) is 0 Å². The lowest BCUT2D eigenvalue weighted by Crippen LogP contribution is -1.88. The van der Waals surface area contributed by atoms with E-state index in [0.29, 0.717) is 0 Å². The molecule has 1 radical (unpaired) electrons. The Morgan fingerprint density at radius 3 is 2.22 bits per heavy atom. The number of rotatable bonds is 1. The van der Waals surface area contributed by atoms with E-state index < -0.39 is 0 Å². The normalized spacial score (nSPS) is 13.9. The van der Waals surface area contributed by atoms with Crippen LogP contribution >= 0.6 is 0 Å². The van der Waals surface area contributed by atoms with Gasteiger partial charge in [-0.3, -0.25) is 0 Å². The van der Waals surface area contributed by atoms with E-state index in [0.717, 1.165) is 0 Å². The van der Waals surface area contributed by atoms with E-state index in [9.17, 15) is 0 Å². The highest BCUT2D eigenvalue weighted by Crippen LogP contribution is 2.40. The van der Waals surface area contributed by atoms with Crippen LogP contribution in [0.5, 0.6) is 0 Å². The van der Waals surface area contributed by atoms with Crippen LogP contribution in [0.1, 0.15) is 30.5 Å². The summed E-state index contributed by atoms with van der Waals surface area (Å²) in [6.45, 7) is 6.53. The van der Waals surface area contributed by atoms with Crippen LogP contribution in [0.2, 0.25) is 0 Å². The summed E-state index contributed by atoms with van der Waals surface area (Å²) in [5.41, 5.74) is 9.49. The Bertz CT molecular complexity index is 628. The van der Waals surface area contributed by atoms with Gasteiger partial charge in [-0.25, -0.2) is 0 Å². The van der Waals surface area contributed by atoms with Crippen LogP contribution in [0.3, 0.4) is 0 Å². The molecule has 0 heterocycles. The first-order valence-corrected chi connectivity index (χ1v) is 6.39. The molecule has 2 aromatic carbocycles. The first kappa shape index (κ1) is 11.3. The van der Waals surface area contributed by atoms with E-state index in [1.807, 2.05) is 0 Å². The molecule has 0 saturated carbocycles. The van der Waals surface area contributed by atoms with Crippen molar-refractivity contribution in [1.29, 1.82) is 0 Å². The summed E-state index contributed by atoms with van der Waals surface area (Å²) in [6.07, 6.45) is 2.28. The van der Waals surface area contributed by atoms with Gasteiger partial charge in [-0.15, -0.1) is 0 Å². The van der Waals surface area contributed by atoms with Crippen molar-refractivity contribution in [1.82, 2.24) is 0 Å². The Kier molecular flexibility index (Phi) is 2.59. The Balaban J connectivity index is 2.21. The molecule has 0 heteroatoms. The van der Waals surface area contributed by atoms with Crippen molar-refractivity contribution in [3.05, 3.63) is 71.1 Å². The second-order valence-corrected chi connectivity index (χ2v) is 5.09. The van der Waals surface area contributed by atoms with Gasteiger partial charge < -0.3 is 0 Å². The molecule has 0 nitrogen and oxygen atoms in total. The summed E-state index contributed by atoms with van der Waals surface area (Å²) >= 11 is 0. The van der Waals surface area contributed by atoms with Gasteiger partial charge in [-0.05, 0) is 48.6 Å². The van der Waals surface area contributed by atoms with Crippen LogP contribution in [0, 0.1) is 13.3 Å². The molecule has 18 heavy (non-hydrogen) atoms. The van der Waals surface area contributed by atoms with Gasteiger partial charge in [-0.2, -0.15) is 0 Å². The zero-order valence-electron chi connectivity index (χ0n) is 11.1. The first-order valence-electron chi connectivity index (χ1n) is 6.39. The summed E-state index contributed by atoms with van der Waals surface area (Å²) in [7, 11) is 0. The third-order valence-electron chi connectivity index (χ3n) is 3.80. The van der Waals surface area contributed by atoms with E-state index in [2.05, 4.69) is 69.7 Å². The van der Waals surface area contributed by atoms with Crippen molar-refractivity contribution in [2.45, 2.75) is 20.8 Å². The lowest BCUT2D eigenvalue weighted by atomic mass is 9.94. The monoisotopic (exact) mass is 233 g/mol. The largest absolute Gasteiger partial charge is 0.0613 e. The molecule has 3 rings (SSSR count). The average Bonchev–Trinajstić information content (AvgIpc) is 2.66. The number of allylic oxidation sites excluding steroid dienone is 2. The summed E-state index contributed by atoms with van der Waals surface area (Å²) < 4.78 is 0. The third kappa shape index (κ3) is 1.69. The summed E-state index contributed by atoms with van der Waals surface area (Å²) in [5, 5.41) is 0. The molecule has 0 amide bonds. The van der Waals surface area contributed by atoms with Crippen LogP contribution in [-0.2, 0) is 0 Å². The van der Waals surface area contributed by atoms with Gasteiger partial charge in [0.15, 0.2) is 0 Å². The molecule has 0 aliphatic heterocycles. The van der Waals surface area contributed by atoms with Crippen LogP contribution in [-0.4, -0.2) is 0 Å². The first-order chi connectivity index (χ1) is 8.66. The maximum absolute atomic E-state index is 2.28. The van der Waals surface area contributed by atoms with Crippen molar-refractivity contribution in [2.75, 3.05) is 0 Å². The fraction of sp³-hybridized carbons (Fsp3) is 0.167. The molecular formula is C18H17. The maximum Gasteiger partial charge on any atom is 0.0164 e. The molecule has 1 aliphatic rings. The lowest BCUT2D eigenvalue weighted by molar-refractivity contribution is 1.44. The van der Waals surface area contributed by atoms with Gasteiger partial charge in [0.1, 0.15) is 0 Å². The molecule has 0 fully saturated rings. The fourth-order valence-corrected chi connectivity index (χ4v) is 2.62. The molecule has 0 atom stereocenters. The van der Waals surface area contributed by atoms with E-state index >= 15 is 0 Å². The second kappa shape index (κ2) is 4.13. The minimum atomic E-state index is 1.31. The zero-order chi connectivity index (χ0) is 12.7. The summed E-state index contributed by atoms with van der Waals surface area (Å²) in [6, 6.07) is 15.4. The minimum Gasteiger partial charge on any atom is -0.0613 e. The third-order valence-corrected chi connectivity index (χ3v) is 3.80. The highest BCUT2D eigenvalue weighted by atomic mass is 14.2. The number of fused-ring (bicyclic) bond motifs is 1. The molecule has 89 valence electrons. The fourth-order valence-electron chi connectivity index (χ4n) is 2.62. The van der Waals surface area contributed by atoms with Gasteiger partial charge in [-0.1, -0.05) is 53.6 Å².